The van der Waals surface area contributed by atoms with E-state index in [0.717, 1.165) is 17.0 Å². The molecule has 0 amide bonds. The first-order valence-electron chi connectivity index (χ1n) is 6.11. The summed E-state index contributed by atoms with van der Waals surface area (Å²) < 4.78 is 10.8. The van der Waals surface area contributed by atoms with Crippen LogP contribution in [-0.4, -0.2) is 29.3 Å². The maximum Gasteiger partial charge on any atom is 0.488 e. The Labute approximate surface area is 122 Å². The summed E-state index contributed by atoms with van der Waals surface area (Å²) in [6.07, 6.45) is 0. The number of oxazole rings is 1. The number of rotatable bonds is 5. The number of hydrogen-bond donors (Lipinski definition) is 2. The highest BCUT2D eigenvalue weighted by atomic mass is 32.2. The molecule has 1 heterocycles. The van der Waals surface area contributed by atoms with Crippen molar-refractivity contribution in [1.82, 2.24) is 4.98 Å². The SMILES string of the molecule is COc1ccc(B(O)O)cc1CSc1nc(C)c(C)o1. The van der Waals surface area contributed by atoms with E-state index in [2.05, 4.69) is 4.98 Å². The van der Waals surface area contributed by atoms with Gasteiger partial charge in [0.1, 0.15) is 11.5 Å². The van der Waals surface area contributed by atoms with E-state index < -0.39 is 7.12 Å². The summed E-state index contributed by atoms with van der Waals surface area (Å²) >= 11 is 1.44. The van der Waals surface area contributed by atoms with Crippen LogP contribution in [0.15, 0.2) is 27.8 Å². The minimum Gasteiger partial charge on any atom is -0.496 e. The molecule has 0 bridgehead atoms. The van der Waals surface area contributed by atoms with Gasteiger partial charge < -0.3 is 19.2 Å². The summed E-state index contributed by atoms with van der Waals surface area (Å²) in [5.74, 6) is 2.07. The summed E-state index contributed by atoms with van der Waals surface area (Å²) in [6.45, 7) is 3.77. The molecule has 0 unspecified atom stereocenters. The van der Waals surface area contributed by atoms with Crippen LogP contribution in [0.4, 0.5) is 0 Å². The fraction of sp³-hybridized carbons (Fsp3) is 0.308. The van der Waals surface area contributed by atoms with Gasteiger partial charge in [-0.2, -0.15) is 0 Å². The molecule has 0 aliphatic heterocycles. The standard InChI is InChI=1S/C13H16BNO4S/c1-8-9(2)19-13(15-8)20-7-10-6-11(14(16)17)4-5-12(10)18-3/h4-6,16-17H,7H2,1-3H3. The van der Waals surface area contributed by atoms with Gasteiger partial charge in [-0.3, -0.25) is 0 Å². The summed E-state index contributed by atoms with van der Waals surface area (Å²) in [5, 5.41) is 19.0. The first-order valence-corrected chi connectivity index (χ1v) is 7.09. The van der Waals surface area contributed by atoms with Crippen molar-refractivity contribution in [2.45, 2.75) is 24.8 Å². The van der Waals surface area contributed by atoms with Gasteiger partial charge in [0.15, 0.2) is 0 Å². The second-order valence-corrected chi connectivity index (χ2v) is 5.28. The lowest BCUT2D eigenvalue weighted by molar-refractivity contribution is 0.410. The first kappa shape index (κ1) is 15.0. The summed E-state index contributed by atoms with van der Waals surface area (Å²) in [6, 6.07) is 5.05. The van der Waals surface area contributed by atoms with Crippen molar-refractivity contribution in [2.24, 2.45) is 0 Å². The molecule has 20 heavy (non-hydrogen) atoms. The molecule has 2 rings (SSSR count). The van der Waals surface area contributed by atoms with Crippen molar-refractivity contribution in [1.29, 1.82) is 0 Å². The van der Waals surface area contributed by atoms with Crippen LogP contribution in [0.3, 0.4) is 0 Å². The lowest BCUT2D eigenvalue weighted by atomic mass is 9.79. The van der Waals surface area contributed by atoms with Crippen LogP contribution >= 0.6 is 11.8 Å². The van der Waals surface area contributed by atoms with Gasteiger partial charge in [0.25, 0.3) is 5.22 Å². The summed E-state index contributed by atoms with van der Waals surface area (Å²) in [7, 11) is 0.0914. The predicted octanol–water partition coefficient (Wildman–Crippen LogP) is 1.27. The molecule has 0 atom stereocenters. The van der Waals surface area contributed by atoms with Gasteiger partial charge in [-0.05, 0) is 25.4 Å². The Morgan fingerprint density at radius 2 is 2.10 bits per heavy atom. The van der Waals surface area contributed by atoms with E-state index in [1.165, 1.54) is 11.8 Å². The molecule has 7 heteroatoms. The largest absolute Gasteiger partial charge is 0.496 e. The van der Waals surface area contributed by atoms with Crippen LogP contribution in [0.25, 0.3) is 0 Å². The molecular formula is C13H16BNO4S. The quantitative estimate of drug-likeness (QED) is 0.639. The third-order valence-corrected chi connectivity index (χ3v) is 3.84. The highest BCUT2D eigenvalue weighted by Crippen LogP contribution is 2.28. The maximum absolute atomic E-state index is 9.21. The predicted molar refractivity (Wildman–Crippen MR) is 78.4 cm³/mol. The van der Waals surface area contributed by atoms with Gasteiger partial charge in [0.05, 0.1) is 12.8 Å². The zero-order valence-electron chi connectivity index (χ0n) is 11.6. The number of aryl methyl sites for hydroxylation is 2. The lowest BCUT2D eigenvalue weighted by Gasteiger charge is -2.09. The molecule has 0 aliphatic rings. The fourth-order valence-electron chi connectivity index (χ4n) is 1.72. The molecule has 1 aromatic heterocycles. The highest BCUT2D eigenvalue weighted by Gasteiger charge is 2.15. The van der Waals surface area contributed by atoms with Crippen molar-refractivity contribution in [2.75, 3.05) is 7.11 Å². The molecule has 0 fully saturated rings. The Hall–Kier alpha value is -1.44. The molecule has 0 radical (unpaired) electrons. The third-order valence-electron chi connectivity index (χ3n) is 2.96. The minimum absolute atomic E-state index is 0.432. The van der Waals surface area contributed by atoms with Crippen molar-refractivity contribution >= 4 is 24.3 Å². The number of hydrogen-bond acceptors (Lipinski definition) is 6. The van der Waals surface area contributed by atoms with Crippen LogP contribution in [0.5, 0.6) is 5.75 Å². The van der Waals surface area contributed by atoms with Gasteiger partial charge in [0, 0.05) is 11.3 Å². The van der Waals surface area contributed by atoms with Crippen molar-refractivity contribution in [3.05, 3.63) is 35.2 Å². The van der Waals surface area contributed by atoms with E-state index >= 15 is 0 Å². The number of aromatic nitrogens is 1. The topological polar surface area (TPSA) is 75.7 Å². The molecule has 2 N–H and O–H groups in total. The van der Waals surface area contributed by atoms with Gasteiger partial charge in [-0.15, -0.1) is 0 Å². The monoisotopic (exact) mass is 293 g/mol. The van der Waals surface area contributed by atoms with E-state index in [1.807, 2.05) is 13.8 Å². The van der Waals surface area contributed by atoms with E-state index in [-0.39, 0.29) is 0 Å². The number of methoxy groups -OCH3 is 1. The first-order chi connectivity index (χ1) is 9.51. The molecule has 5 nitrogen and oxygen atoms in total. The van der Waals surface area contributed by atoms with Crippen LogP contribution in [0, 0.1) is 13.8 Å². The zero-order chi connectivity index (χ0) is 14.7. The van der Waals surface area contributed by atoms with Crippen molar-refractivity contribution in [3.8, 4) is 5.75 Å². The third kappa shape index (κ3) is 3.36. The Balaban J connectivity index is 2.16. The molecule has 0 saturated carbocycles. The molecule has 1 aromatic carbocycles. The van der Waals surface area contributed by atoms with Gasteiger partial charge >= 0.3 is 7.12 Å². The number of benzene rings is 1. The smallest absolute Gasteiger partial charge is 0.488 e. The van der Waals surface area contributed by atoms with Gasteiger partial charge in [-0.25, -0.2) is 4.98 Å². The van der Waals surface area contributed by atoms with Gasteiger partial charge in [0.2, 0.25) is 0 Å². The molecule has 0 spiro atoms. The highest BCUT2D eigenvalue weighted by molar-refractivity contribution is 7.98. The van der Waals surface area contributed by atoms with Crippen LogP contribution in [0.1, 0.15) is 17.0 Å². The van der Waals surface area contributed by atoms with Crippen molar-refractivity contribution < 1.29 is 19.2 Å². The average molecular weight is 293 g/mol. The normalized spacial score (nSPS) is 10.7. The lowest BCUT2D eigenvalue weighted by Crippen LogP contribution is -2.30. The minimum atomic E-state index is -1.49. The van der Waals surface area contributed by atoms with Crippen LogP contribution in [0.2, 0.25) is 0 Å². The second kappa shape index (κ2) is 6.34. The maximum atomic E-state index is 9.21. The fourth-order valence-corrected chi connectivity index (χ4v) is 2.61. The number of thioether (sulfide) groups is 1. The van der Waals surface area contributed by atoms with Crippen LogP contribution in [-0.2, 0) is 5.75 Å². The second-order valence-electron chi connectivity index (χ2n) is 4.35. The van der Waals surface area contributed by atoms with E-state index in [4.69, 9.17) is 9.15 Å². The average Bonchev–Trinajstić information content (AvgIpc) is 2.75. The van der Waals surface area contributed by atoms with E-state index in [0.29, 0.717) is 22.2 Å². The Morgan fingerprint density at radius 3 is 2.65 bits per heavy atom. The Morgan fingerprint density at radius 1 is 1.35 bits per heavy atom. The van der Waals surface area contributed by atoms with Crippen LogP contribution < -0.4 is 10.2 Å². The van der Waals surface area contributed by atoms with Gasteiger partial charge in [-0.1, -0.05) is 23.9 Å². The molecule has 2 aromatic rings. The Bertz CT molecular complexity index is 581. The molecular weight excluding hydrogens is 277 g/mol. The number of nitrogens with zero attached hydrogens (tertiary/aromatic N) is 1. The summed E-state index contributed by atoms with van der Waals surface area (Å²) in [4.78, 5) is 4.30. The van der Waals surface area contributed by atoms with Crippen molar-refractivity contribution in [3.63, 3.8) is 0 Å². The zero-order valence-corrected chi connectivity index (χ0v) is 12.4. The molecule has 106 valence electrons. The molecule has 0 aliphatic carbocycles. The Kier molecular flexibility index (Phi) is 4.75. The van der Waals surface area contributed by atoms with E-state index in [1.54, 1.807) is 25.3 Å². The number of ether oxygens (including phenoxy) is 1. The molecule has 0 saturated heterocycles. The summed E-state index contributed by atoms with van der Waals surface area (Å²) in [5.41, 5.74) is 2.16. The van der Waals surface area contributed by atoms with E-state index in [9.17, 15) is 10.0 Å².